The third-order valence-electron chi connectivity index (χ3n) is 7.27. The largest absolute Gasteiger partial charge is 0.456 e. The zero-order valence-corrected chi connectivity index (χ0v) is 29.6. The fourth-order valence-corrected chi connectivity index (χ4v) is 4.94. The Morgan fingerprint density at radius 2 is 1.54 bits per heavy atom. The number of alkyl carbamates (subject to hydrolysis) is 1. The molecule has 0 radical (unpaired) electrons. The van der Waals surface area contributed by atoms with Crippen LogP contribution in [-0.4, -0.2) is 47.6 Å². The number of H-pyrrole nitrogens is 1. The van der Waals surface area contributed by atoms with Gasteiger partial charge < -0.3 is 25.5 Å². The van der Waals surface area contributed by atoms with Crippen LogP contribution in [0.1, 0.15) is 92.2 Å². The van der Waals surface area contributed by atoms with Crippen LogP contribution in [0.3, 0.4) is 0 Å². The Hall–Kier alpha value is -5.36. The maximum Gasteiger partial charge on any atom is 0.407 e. The summed E-state index contributed by atoms with van der Waals surface area (Å²) in [5.74, 6) is 2.77. The number of nitrogens with one attached hydrogen (secondary N) is 2. The quantitative estimate of drug-likeness (QED) is 0.117. The Morgan fingerprint density at radius 1 is 0.860 bits per heavy atom. The van der Waals surface area contributed by atoms with Crippen molar-refractivity contribution in [1.29, 1.82) is 0 Å². The molecule has 2 heterocycles. The van der Waals surface area contributed by atoms with Gasteiger partial charge in [0.05, 0.1) is 25.2 Å². The molecule has 264 valence electrons. The summed E-state index contributed by atoms with van der Waals surface area (Å²) in [6.45, 7) is 11.3. The van der Waals surface area contributed by atoms with E-state index in [4.69, 9.17) is 15.2 Å². The van der Waals surface area contributed by atoms with Crippen molar-refractivity contribution in [1.82, 2.24) is 35.3 Å². The second-order valence-corrected chi connectivity index (χ2v) is 12.7. The smallest absolute Gasteiger partial charge is 0.407 e. The first-order chi connectivity index (χ1) is 24.1. The lowest BCUT2D eigenvalue weighted by atomic mass is 9.98. The highest BCUT2D eigenvalue weighted by molar-refractivity contribution is 5.97. The molecule has 5 aromatic rings. The topological polar surface area (TPSA) is 163 Å². The van der Waals surface area contributed by atoms with Crippen LogP contribution in [0.2, 0.25) is 0 Å². The lowest BCUT2D eigenvalue weighted by Crippen LogP contribution is -2.24. The van der Waals surface area contributed by atoms with Crippen LogP contribution in [0.15, 0.2) is 78.9 Å². The predicted molar refractivity (Wildman–Crippen MR) is 192 cm³/mol. The third kappa shape index (κ3) is 11.7. The van der Waals surface area contributed by atoms with Crippen molar-refractivity contribution in [2.45, 2.75) is 92.1 Å². The Labute approximate surface area is 293 Å². The van der Waals surface area contributed by atoms with Crippen molar-refractivity contribution in [3.05, 3.63) is 119 Å². The molecule has 50 heavy (non-hydrogen) atoms. The van der Waals surface area contributed by atoms with E-state index < -0.39 is 11.7 Å². The van der Waals surface area contributed by atoms with E-state index in [0.29, 0.717) is 24.5 Å². The van der Waals surface area contributed by atoms with E-state index in [1.165, 1.54) is 0 Å². The number of aromatic amines is 1. The minimum absolute atomic E-state index is 0.254. The average Bonchev–Trinajstić information content (AvgIpc) is 3.73. The standard InChI is InChI=1S/C24H30N4O2.C14H18N4O2/c1-5-8-21-26-22(15-25)28(27-21)16-17-11-13-18(14-12-17)19-9-6-7-10-20(19)23(29)30-24(2,3)4;1-2-6-12-16-13(18-17-12)9-15-14(19)20-10-11-7-4-3-5-8-11/h6-7,9-14H,5,8,15-16,25H2,1-4H3;3-5,7-8H,2,6,9-10H2,1H3,(H,15,19)(H,16,17,18). The molecule has 0 atom stereocenters. The molecule has 0 aliphatic carbocycles. The molecule has 12 heteroatoms. The van der Waals surface area contributed by atoms with E-state index in [1.54, 1.807) is 6.07 Å². The minimum Gasteiger partial charge on any atom is -0.456 e. The van der Waals surface area contributed by atoms with Crippen LogP contribution < -0.4 is 11.1 Å². The van der Waals surface area contributed by atoms with E-state index >= 15 is 0 Å². The highest BCUT2D eigenvalue weighted by atomic mass is 16.6. The number of aromatic nitrogens is 6. The van der Waals surface area contributed by atoms with E-state index in [2.05, 4.69) is 44.4 Å². The molecule has 3 aromatic carbocycles. The molecule has 0 aliphatic rings. The van der Waals surface area contributed by atoms with Crippen molar-refractivity contribution in [2.75, 3.05) is 0 Å². The summed E-state index contributed by atoms with van der Waals surface area (Å²) < 4.78 is 12.5. The van der Waals surface area contributed by atoms with Crippen molar-refractivity contribution < 1.29 is 19.1 Å². The number of benzene rings is 3. The molecule has 0 aliphatic heterocycles. The molecular formula is C38H48N8O4. The summed E-state index contributed by atoms with van der Waals surface area (Å²) in [6, 6.07) is 25.2. The van der Waals surface area contributed by atoms with Gasteiger partial charge in [-0.25, -0.2) is 19.3 Å². The van der Waals surface area contributed by atoms with Crippen molar-refractivity contribution in [3.63, 3.8) is 0 Å². The molecule has 0 fully saturated rings. The van der Waals surface area contributed by atoms with Gasteiger partial charge in [-0.3, -0.25) is 0 Å². The zero-order chi connectivity index (χ0) is 35.9. The summed E-state index contributed by atoms with van der Waals surface area (Å²) in [4.78, 5) is 31.7. The van der Waals surface area contributed by atoms with Gasteiger partial charge in [-0.05, 0) is 61.9 Å². The van der Waals surface area contributed by atoms with Gasteiger partial charge in [-0.1, -0.05) is 86.6 Å². The monoisotopic (exact) mass is 680 g/mol. The van der Waals surface area contributed by atoms with Crippen LogP contribution in [0.4, 0.5) is 4.79 Å². The molecule has 4 N–H and O–H groups in total. The maximum atomic E-state index is 12.6. The number of ether oxygens (including phenoxy) is 2. The molecule has 0 unspecified atom stereocenters. The van der Waals surface area contributed by atoms with Gasteiger partial charge in [-0.2, -0.15) is 5.10 Å². The fourth-order valence-electron chi connectivity index (χ4n) is 4.94. The van der Waals surface area contributed by atoms with Crippen molar-refractivity contribution in [2.24, 2.45) is 5.73 Å². The number of aryl methyl sites for hydroxylation is 2. The van der Waals surface area contributed by atoms with E-state index in [9.17, 15) is 9.59 Å². The number of carbonyl (C=O) groups is 2. The lowest BCUT2D eigenvalue weighted by Gasteiger charge is -2.20. The van der Waals surface area contributed by atoms with Crippen molar-refractivity contribution in [3.8, 4) is 11.1 Å². The van der Waals surface area contributed by atoms with Crippen LogP contribution in [0.25, 0.3) is 11.1 Å². The molecule has 1 amide bonds. The summed E-state index contributed by atoms with van der Waals surface area (Å²) in [6.07, 6.45) is 3.23. The van der Waals surface area contributed by atoms with Crippen LogP contribution in [0.5, 0.6) is 0 Å². The number of carbonyl (C=O) groups excluding carboxylic acids is 2. The molecule has 12 nitrogen and oxygen atoms in total. The second-order valence-electron chi connectivity index (χ2n) is 12.7. The Morgan fingerprint density at radius 3 is 2.22 bits per heavy atom. The van der Waals surface area contributed by atoms with E-state index in [1.807, 2.05) is 98.2 Å². The summed E-state index contributed by atoms with van der Waals surface area (Å²) >= 11 is 0. The molecular weight excluding hydrogens is 632 g/mol. The first kappa shape index (κ1) is 37.5. The van der Waals surface area contributed by atoms with Gasteiger partial charge in [0.1, 0.15) is 29.7 Å². The molecule has 0 saturated heterocycles. The van der Waals surface area contributed by atoms with Crippen LogP contribution in [-0.2, 0) is 48.6 Å². The molecule has 0 saturated carbocycles. The summed E-state index contributed by atoms with van der Waals surface area (Å²) in [5, 5.41) is 15.1. The second kappa shape index (κ2) is 18.4. The van der Waals surface area contributed by atoms with Crippen molar-refractivity contribution >= 4 is 12.1 Å². The number of nitrogens with zero attached hydrogens (tertiary/aromatic N) is 5. The maximum absolute atomic E-state index is 12.6. The molecule has 0 spiro atoms. The summed E-state index contributed by atoms with van der Waals surface area (Å²) in [5.41, 5.74) is 9.72. The SMILES string of the molecule is CCCc1nc(CN)n(Cc2ccc(-c3ccccc3C(=O)OC(C)(C)C)cc2)n1.CCCc1nnc(CNC(=O)OCc2ccccc2)[nH]1. The Bertz CT molecular complexity index is 1790. The lowest BCUT2D eigenvalue weighted by molar-refractivity contribution is 0.00703. The normalized spacial score (nSPS) is 11.0. The van der Waals surface area contributed by atoms with Gasteiger partial charge in [0, 0.05) is 12.8 Å². The van der Waals surface area contributed by atoms with Crippen LogP contribution in [0, 0.1) is 0 Å². The molecule has 5 rings (SSSR count). The van der Waals surface area contributed by atoms with Crippen LogP contribution >= 0.6 is 0 Å². The predicted octanol–water partition coefficient (Wildman–Crippen LogP) is 6.54. The number of rotatable bonds is 13. The average molecular weight is 681 g/mol. The van der Waals surface area contributed by atoms with Gasteiger partial charge in [0.2, 0.25) is 0 Å². The zero-order valence-electron chi connectivity index (χ0n) is 29.6. The first-order valence-corrected chi connectivity index (χ1v) is 17.0. The van der Waals surface area contributed by atoms with E-state index in [0.717, 1.165) is 65.4 Å². The number of nitrogens with two attached hydrogens (primary N) is 1. The highest BCUT2D eigenvalue weighted by Gasteiger charge is 2.20. The number of amides is 1. The highest BCUT2D eigenvalue weighted by Crippen LogP contribution is 2.26. The molecule has 0 bridgehead atoms. The minimum atomic E-state index is -0.539. The third-order valence-corrected chi connectivity index (χ3v) is 7.27. The van der Waals surface area contributed by atoms with Gasteiger partial charge in [0.25, 0.3) is 0 Å². The Balaban J connectivity index is 0.000000244. The summed E-state index contributed by atoms with van der Waals surface area (Å²) in [7, 11) is 0. The first-order valence-electron chi connectivity index (χ1n) is 17.0. The van der Waals surface area contributed by atoms with Gasteiger partial charge in [-0.15, -0.1) is 10.2 Å². The van der Waals surface area contributed by atoms with E-state index in [-0.39, 0.29) is 19.1 Å². The number of hydrogen-bond acceptors (Lipinski definition) is 9. The Kier molecular flexibility index (Phi) is 13.8. The van der Waals surface area contributed by atoms with Gasteiger partial charge >= 0.3 is 12.1 Å². The fraction of sp³-hybridized carbons (Fsp3) is 0.368. The number of esters is 1. The molecule has 2 aromatic heterocycles. The van der Waals surface area contributed by atoms with Gasteiger partial charge in [0.15, 0.2) is 5.82 Å². The number of hydrogen-bond donors (Lipinski definition) is 3.